The second kappa shape index (κ2) is 5.98. The number of carbonyl (C=O) groups excluding carboxylic acids is 1. The van der Waals surface area contributed by atoms with Gasteiger partial charge in [-0.25, -0.2) is 4.79 Å². The Balaban J connectivity index is 2.05. The molecule has 0 saturated heterocycles. The van der Waals surface area contributed by atoms with Gasteiger partial charge in [0, 0.05) is 0 Å². The van der Waals surface area contributed by atoms with Crippen LogP contribution in [0.1, 0.15) is 36.5 Å². The zero-order valence-corrected chi connectivity index (χ0v) is 10.3. The highest BCUT2D eigenvalue weighted by Gasteiger charge is 2.25. The summed E-state index contributed by atoms with van der Waals surface area (Å²) in [6.45, 7) is 0.275. The van der Waals surface area contributed by atoms with E-state index in [9.17, 15) is 9.90 Å². The molecule has 2 atom stereocenters. The Hall–Kier alpha value is -1.39. The summed E-state index contributed by atoms with van der Waals surface area (Å²) in [7, 11) is 0. The van der Waals surface area contributed by atoms with Crippen molar-refractivity contribution in [2.45, 2.75) is 37.9 Å². The van der Waals surface area contributed by atoms with Crippen LogP contribution in [0.3, 0.4) is 0 Å². The lowest BCUT2D eigenvalue weighted by atomic mass is 9.89. The minimum Gasteiger partial charge on any atom is -0.456 e. The molecule has 1 aromatic carbocycles. The van der Waals surface area contributed by atoms with E-state index < -0.39 is 12.1 Å². The highest BCUT2D eigenvalue weighted by atomic mass is 16.6. The molecule has 1 aliphatic carbocycles. The minimum atomic E-state index is -1.11. The van der Waals surface area contributed by atoms with Crippen molar-refractivity contribution in [2.24, 2.45) is 5.73 Å². The number of hydrogen-bond donors (Lipinski definition) is 2. The van der Waals surface area contributed by atoms with Gasteiger partial charge in [-0.1, -0.05) is 24.3 Å². The number of ether oxygens (including phenoxy) is 1. The Kier molecular flexibility index (Phi) is 4.33. The summed E-state index contributed by atoms with van der Waals surface area (Å²) in [6, 6.07) is 7.99. The van der Waals surface area contributed by atoms with Crippen molar-refractivity contribution < 1.29 is 14.6 Å². The molecule has 0 bridgehead atoms. The maximum absolute atomic E-state index is 11.7. The fraction of sp³-hybridized carbons (Fsp3) is 0.500. The molecule has 0 amide bonds. The lowest BCUT2D eigenvalue weighted by Gasteiger charge is -2.26. The van der Waals surface area contributed by atoms with Crippen LogP contribution in [0.5, 0.6) is 0 Å². The summed E-state index contributed by atoms with van der Waals surface area (Å²) in [5, 5.41) is 9.54. The third kappa shape index (κ3) is 2.89. The lowest BCUT2D eigenvalue weighted by molar-refractivity contribution is -0.160. The number of nitrogens with two attached hydrogens (primary N) is 1. The number of carbonyl (C=O) groups is 1. The van der Waals surface area contributed by atoms with Gasteiger partial charge in [-0.3, -0.25) is 0 Å². The van der Waals surface area contributed by atoms with Crippen LogP contribution >= 0.6 is 0 Å². The minimum absolute atomic E-state index is 0.227. The van der Waals surface area contributed by atoms with E-state index in [4.69, 9.17) is 10.5 Å². The predicted octanol–water partition coefficient (Wildman–Crippen LogP) is 1.32. The molecule has 4 heteroatoms. The van der Waals surface area contributed by atoms with Gasteiger partial charge in [0.2, 0.25) is 0 Å². The van der Waals surface area contributed by atoms with Gasteiger partial charge in [-0.15, -0.1) is 0 Å². The molecule has 0 radical (unpaired) electrons. The number of aliphatic hydroxyl groups excluding tert-OH is 1. The summed E-state index contributed by atoms with van der Waals surface area (Å²) in [5.41, 5.74) is 7.61. The average molecular weight is 249 g/mol. The van der Waals surface area contributed by atoms with Gasteiger partial charge in [0.1, 0.15) is 6.10 Å². The molecule has 2 rings (SSSR count). The first kappa shape index (κ1) is 13.1. The molecule has 98 valence electrons. The maximum Gasteiger partial charge on any atom is 0.335 e. The molecule has 0 fully saturated rings. The van der Waals surface area contributed by atoms with E-state index in [-0.39, 0.29) is 19.1 Å². The van der Waals surface area contributed by atoms with Crippen LogP contribution in [0.15, 0.2) is 24.3 Å². The van der Waals surface area contributed by atoms with E-state index in [1.54, 1.807) is 0 Å². The molecule has 18 heavy (non-hydrogen) atoms. The SMILES string of the molecule is NCC[C@H](O)C(=O)OC1CCCc2ccccc21. The van der Waals surface area contributed by atoms with Crippen molar-refractivity contribution in [1.82, 2.24) is 0 Å². The first-order chi connectivity index (χ1) is 8.72. The third-order valence-corrected chi connectivity index (χ3v) is 3.28. The number of fused-ring (bicyclic) bond motifs is 1. The molecule has 1 aliphatic rings. The van der Waals surface area contributed by atoms with E-state index in [0.717, 1.165) is 24.8 Å². The van der Waals surface area contributed by atoms with Crippen LogP contribution < -0.4 is 5.73 Å². The topological polar surface area (TPSA) is 72.5 Å². The highest BCUT2D eigenvalue weighted by Crippen LogP contribution is 2.32. The van der Waals surface area contributed by atoms with Crippen LogP contribution in [0.2, 0.25) is 0 Å². The third-order valence-electron chi connectivity index (χ3n) is 3.28. The maximum atomic E-state index is 11.7. The predicted molar refractivity (Wildman–Crippen MR) is 67.9 cm³/mol. The Labute approximate surface area is 107 Å². The largest absolute Gasteiger partial charge is 0.456 e. The second-order valence-corrected chi connectivity index (χ2v) is 4.61. The monoisotopic (exact) mass is 249 g/mol. The van der Waals surface area contributed by atoms with Gasteiger partial charge in [0.25, 0.3) is 0 Å². The number of hydrogen-bond acceptors (Lipinski definition) is 4. The van der Waals surface area contributed by atoms with E-state index in [0.29, 0.717) is 0 Å². The number of aryl methyl sites for hydroxylation is 1. The molecule has 0 spiro atoms. The standard InChI is InChI=1S/C14H19NO3/c15-9-8-12(16)14(17)18-13-7-3-5-10-4-1-2-6-11(10)13/h1-2,4,6,12-13,16H,3,5,7-9,15H2/t12-,13?/m0/s1. The zero-order chi connectivity index (χ0) is 13.0. The Morgan fingerprint density at radius 2 is 2.28 bits per heavy atom. The van der Waals surface area contributed by atoms with Gasteiger partial charge >= 0.3 is 5.97 Å². The van der Waals surface area contributed by atoms with Gasteiger partial charge < -0.3 is 15.6 Å². The summed E-state index contributed by atoms with van der Waals surface area (Å²) in [4.78, 5) is 11.7. The van der Waals surface area contributed by atoms with Crippen LogP contribution in [0.4, 0.5) is 0 Å². The fourth-order valence-electron chi connectivity index (χ4n) is 2.33. The van der Waals surface area contributed by atoms with Gasteiger partial charge in [0.05, 0.1) is 0 Å². The summed E-state index contributed by atoms with van der Waals surface area (Å²) in [6.07, 6.45) is 1.75. The second-order valence-electron chi connectivity index (χ2n) is 4.61. The molecular formula is C14H19NO3. The van der Waals surface area contributed by atoms with Gasteiger partial charge in [0.15, 0.2) is 6.10 Å². The van der Waals surface area contributed by atoms with E-state index in [2.05, 4.69) is 6.07 Å². The lowest BCUT2D eigenvalue weighted by Crippen LogP contribution is -2.28. The molecule has 1 unspecified atom stereocenters. The average Bonchev–Trinajstić information content (AvgIpc) is 2.39. The number of benzene rings is 1. The summed E-state index contributed by atoms with van der Waals surface area (Å²) < 4.78 is 5.39. The van der Waals surface area contributed by atoms with Crippen LogP contribution in [-0.4, -0.2) is 23.7 Å². The molecule has 0 aromatic heterocycles. The smallest absolute Gasteiger partial charge is 0.335 e. The molecule has 0 saturated carbocycles. The van der Waals surface area contributed by atoms with E-state index in [1.807, 2.05) is 18.2 Å². The molecule has 0 aliphatic heterocycles. The normalized spacial score (nSPS) is 20.0. The Morgan fingerprint density at radius 1 is 1.50 bits per heavy atom. The van der Waals surface area contributed by atoms with Crippen molar-refractivity contribution >= 4 is 5.97 Å². The Bertz CT molecular complexity index is 419. The molecule has 1 aromatic rings. The van der Waals surface area contributed by atoms with Crippen molar-refractivity contribution in [3.8, 4) is 0 Å². The van der Waals surface area contributed by atoms with Crippen molar-refractivity contribution in [3.05, 3.63) is 35.4 Å². The van der Waals surface area contributed by atoms with Crippen molar-refractivity contribution in [1.29, 1.82) is 0 Å². The first-order valence-corrected chi connectivity index (χ1v) is 6.39. The van der Waals surface area contributed by atoms with Crippen LogP contribution in [0, 0.1) is 0 Å². The van der Waals surface area contributed by atoms with Gasteiger partial charge in [-0.2, -0.15) is 0 Å². The molecule has 0 heterocycles. The molecule has 3 N–H and O–H groups in total. The van der Waals surface area contributed by atoms with Crippen molar-refractivity contribution in [3.63, 3.8) is 0 Å². The van der Waals surface area contributed by atoms with Crippen LogP contribution in [0.25, 0.3) is 0 Å². The zero-order valence-electron chi connectivity index (χ0n) is 10.3. The quantitative estimate of drug-likeness (QED) is 0.789. The molecular weight excluding hydrogens is 230 g/mol. The number of aliphatic hydroxyl groups is 1. The highest BCUT2D eigenvalue weighted by molar-refractivity contribution is 5.74. The fourth-order valence-corrected chi connectivity index (χ4v) is 2.33. The van der Waals surface area contributed by atoms with Crippen LogP contribution in [-0.2, 0) is 16.0 Å². The first-order valence-electron chi connectivity index (χ1n) is 6.39. The number of esters is 1. The Morgan fingerprint density at radius 3 is 3.06 bits per heavy atom. The van der Waals surface area contributed by atoms with Crippen molar-refractivity contribution in [2.75, 3.05) is 6.54 Å². The van der Waals surface area contributed by atoms with Gasteiger partial charge in [-0.05, 0) is 43.4 Å². The molecule has 4 nitrogen and oxygen atoms in total. The number of rotatable bonds is 4. The van der Waals surface area contributed by atoms with E-state index in [1.165, 1.54) is 5.56 Å². The van der Waals surface area contributed by atoms with E-state index >= 15 is 0 Å². The summed E-state index contributed by atoms with van der Waals surface area (Å²) >= 11 is 0. The summed E-state index contributed by atoms with van der Waals surface area (Å²) in [5.74, 6) is -0.567.